The lowest BCUT2D eigenvalue weighted by Gasteiger charge is -2.31. The summed E-state index contributed by atoms with van der Waals surface area (Å²) in [6, 6.07) is 14.9. The highest BCUT2D eigenvalue weighted by Crippen LogP contribution is 2.35. The Morgan fingerprint density at radius 3 is 2.41 bits per heavy atom. The zero-order chi connectivity index (χ0) is 15.4. The molecule has 0 spiro atoms. The number of para-hydroxylation sites is 1. The van der Waals surface area contributed by atoms with E-state index in [1.807, 2.05) is 36.4 Å². The fraction of sp³-hybridized carbons (Fsp3) is 0.278. The van der Waals surface area contributed by atoms with E-state index in [1.165, 1.54) is 6.42 Å². The molecule has 2 aromatic rings. The van der Waals surface area contributed by atoms with Gasteiger partial charge in [0.15, 0.2) is 0 Å². The summed E-state index contributed by atoms with van der Waals surface area (Å²) in [7, 11) is 0. The first-order chi connectivity index (χ1) is 10.8. The van der Waals surface area contributed by atoms with E-state index in [0.29, 0.717) is 10.6 Å². The summed E-state index contributed by atoms with van der Waals surface area (Å²) in [5, 5.41) is 3.69. The Kier molecular flexibility index (Phi) is 4.64. The van der Waals surface area contributed by atoms with Crippen LogP contribution in [0.25, 0.3) is 0 Å². The van der Waals surface area contributed by atoms with Crippen LogP contribution in [-0.2, 0) is 0 Å². The smallest absolute Gasteiger partial charge is 0.255 e. The molecule has 0 atom stereocenters. The van der Waals surface area contributed by atoms with E-state index in [2.05, 4.69) is 10.2 Å². The fourth-order valence-electron chi connectivity index (χ4n) is 2.84. The van der Waals surface area contributed by atoms with Gasteiger partial charge in [-0.15, -0.1) is 0 Å². The van der Waals surface area contributed by atoms with Crippen molar-refractivity contribution in [3.8, 4) is 0 Å². The van der Waals surface area contributed by atoms with Crippen LogP contribution in [0.1, 0.15) is 29.6 Å². The average molecular weight is 315 g/mol. The predicted molar refractivity (Wildman–Crippen MR) is 91.9 cm³/mol. The van der Waals surface area contributed by atoms with E-state index in [-0.39, 0.29) is 5.91 Å². The third kappa shape index (κ3) is 3.25. The summed E-state index contributed by atoms with van der Waals surface area (Å²) < 4.78 is 0. The molecule has 1 saturated heterocycles. The second kappa shape index (κ2) is 6.84. The van der Waals surface area contributed by atoms with Crippen LogP contribution in [-0.4, -0.2) is 19.0 Å². The molecule has 0 radical (unpaired) electrons. The normalized spacial score (nSPS) is 14.7. The highest BCUT2D eigenvalue weighted by molar-refractivity contribution is 6.34. The SMILES string of the molecule is O=C(Nc1cccc(Cl)c1N1CCCCC1)c1ccccc1. The molecule has 4 heteroatoms. The number of halogens is 1. The van der Waals surface area contributed by atoms with Crippen molar-refractivity contribution in [2.24, 2.45) is 0 Å². The molecule has 0 aliphatic carbocycles. The maximum atomic E-state index is 12.4. The number of hydrogen-bond donors (Lipinski definition) is 1. The maximum absolute atomic E-state index is 12.4. The van der Waals surface area contributed by atoms with Gasteiger partial charge in [-0.2, -0.15) is 0 Å². The van der Waals surface area contributed by atoms with Crippen molar-refractivity contribution in [3.05, 3.63) is 59.1 Å². The van der Waals surface area contributed by atoms with Crippen molar-refractivity contribution >= 4 is 28.9 Å². The Balaban J connectivity index is 1.87. The molecule has 0 bridgehead atoms. The molecular weight excluding hydrogens is 296 g/mol. The van der Waals surface area contributed by atoms with Gasteiger partial charge in [0.05, 0.1) is 16.4 Å². The zero-order valence-corrected chi connectivity index (χ0v) is 13.1. The molecule has 1 aliphatic rings. The minimum Gasteiger partial charge on any atom is -0.369 e. The van der Waals surface area contributed by atoms with Crippen LogP contribution in [0.4, 0.5) is 11.4 Å². The maximum Gasteiger partial charge on any atom is 0.255 e. The lowest BCUT2D eigenvalue weighted by molar-refractivity contribution is 0.102. The van der Waals surface area contributed by atoms with Gasteiger partial charge in [0.2, 0.25) is 0 Å². The van der Waals surface area contributed by atoms with Gasteiger partial charge >= 0.3 is 0 Å². The van der Waals surface area contributed by atoms with Gasteiger partial charge in [0.1, 0.15) is 0 Å². The van der Waals surface area contributed by atoms with E-state index in [0.717, 1.165) is 37.3 Å². The number of hydrogen-bond acceptors (Lipinski definition) is 2. The average Bonchev–Trinajstić information content (AvgIpc) is 2.56. The predicted octanol–water partition coefficient (Wildman–Crippen LogP) is 4.58. The highest BCUT2D eigenvalue weighted by atomic mass is 35.5. The molecule has 0 aromatic heterocycles. The van der Waals surface area contributed by atoms with Crippen molar-refractivity contribution < 1.29 is 4.79 Å². The largest absolute Gasteiger partial charge is 0.369 e. The van der Waals surface area contributed by atoms with E-state index >= 15 is 0 Å². The second-order valence-corrected chi connectivity index (χ2v) is 5.91. The molecular formula is C18H19ClN2O. The highest BCUT2D eigenvalue weighted by Gasteiger charge is 2.19. The number of benzene rings is 2. The van der Waals surface area contributed by atoms with Gasteiger partial charge in [-0.1, -0.05) is 35.9 Å². The Morgan fingerprint density at radius 1 is 0.955 bits per heavy atom. The molecule has 0 unspecified atom stereocenters. The molecule has 114 valence electrons. The van der Waals surface area contributed by atoms with Crippen LogP contribution in [0.5, 0.6) is 0 Å². The zero-order valence-electron chi connectivity index (χ0n) is 12.4. The van der Waals surface area contributed by atoms with E-state index < -0.39 is 0 Å². The van der Waals surface area contributed by atoms with E-state index in [1.54, 1.807) is 12.1 Å². The molecule has 1 fully saturated rings. The Morgan fingerprint density at radius 2 is 1.68 bits per heavy atom. The van der Waals surface area contributed by atoms with Crippen LogP contribution in [0.15, 0.2) is 48.5 Å². The summed E-state index contributed by atoms with van der Waals surface area (Å²) in [6.45, 7) is 1.97. The van der Waals surface area contributed by atoms with Crippen LogP contribution in [0.3, 0.4) is 0 Å². The molecule has 1 aliphatic heterocycles. The number of carbonyl (C=O) groups is 1. The molecule has 22 heavy (non-hydrogen) atoms. The molecule has 2 aromatic carbocycles. The first kappa shape index (κ1) is 14.9. The van der Waals surface area contributed by atoms with Gasteiger partial charge in [-0.25, -0.2) is 0 Å². The van der Waals surface area contributed by atoms with Gasteiger partial charge in [0, 0.05) is 18.7 Å². The van der Waals surface area contributed by atoms with Crippen molar-refractivity contribution in [2.45, 2.75) is 19.3 Å². The van der Waals surface area contributed by atoms with Crippen molar-refractivity contribution in [1.82, 2.24) is 0 Å². The van der Waals surface area contributed by atoms with Gasteiger partial charge < -0.3 is 10.2 Å². The van der Waals surface area contributed by atoms with E-state index in [4.69, 9.17) is 11.6 Å². The molecule has 1 N–H and O–H groups in total. The van der Waals surface area contributed by atoms with Crippen LogP contribution < -0.4 is 10.2 Å². The summed E-state index contributed by atoms with van der Waals surface area (Å²) in [5.74, 6) is -0.110. The summed E-state index contributed by atoms with van der Waals surface area (Å²) in [6.07, 6.45) is 3.58. The van der Waals surface area contributed by atoms with Gasteiger partial charge in [0.25, 0.3) is 5.91 Å². The van der Waals surface area contributed by atoms with Crippen LogP contribution in [0.2, 0.25) is 5.02 Å². The summed E-state index contributed by atoms with van der Waals surface area (Å²) in [5.41, 5.74) is 2.36. The number of carbonyl (C=O) groups excluding carboxylic acids is 1. The molecule has 0 saturated carbocycles. The molecule has 1 amide bonds. The minimum atomic E-state index is -0.110. The van der Waals surface area contributed by atoms with Crippen LogP contribution in [0, 0.1) is 0 Å². The lowest BCUT2D eigenvalue weighted by atomic mass is 10.1. The summed E-state index contributed by atoms with van der Waals surface area (Å²) in [4.78, 5) is 14.7. The second-order valence-electron chi connectivity index (χ2n) is 5.50. The monoisotopic (exact) mass is 314 g/mol. The van der Waals surface area contributed by atoms with Gasteiger partial charge in [-0.3, -0.25) is 4.79 Å². The Hall–Kier alpha value is -2.00. The quantitative estimate of drug-likeness (QED) is 0.899. The molecule has 3 rings (SSSR count). The standard InChI is InChI=1S/C18H19ClN2O/c19-15-10-7-11-16(17(15)21-12-5-2-6-13-21)20-18(22)14-8-3-1-4-9-14/h1,3-4,7-11H,2,5-6,12-13H2,(H,20,22). The third-order valence-electron chi connectivity index (χ3n) is 3.94. The summed E-state index contributed by atoms with van der Waals surface area (Å²) >= 11 is 6.40. The number of nitrogens with zero attached hydrogens (tertiary/aromatic N) is 1. The Bertz CT molecular complexity index is 651. The number of piperidine rings is 1. The van der Waals surface area contributed by atoms with Crippen LogP contribution >= 0.6 is 11.6 Å². The first-order valence-corrected chi connectivity index (χ1v) is 8.03. The minimum absolute atomic E-state index is 0.110. The van der Waals surface area contributed by atoms with E-state index in [9.17, 15) is 4.79 Å². The Labute approximate surface area is 135 Å². The topological polar surface area (TPSA) is 32.3 Å². The number of rotatable bonds is 3. The molecule has 1 heterocycles. The lowest BCUT2D eigenvalue weighted by Crippen LogP contribution is -2.30. The number of nitrogens with one attached hydrogen (secondary N) is 1. The number of anilines is 2. The van der Waals surface area contributed by atoms with Crippen molar-refractivity contribution in [1.29, 1.82) is 0 Å². The number of amides is 1. The third-order valence-corrected chi connectivity index (χ3v) is 4.25. The first-order valence-electron chi connectivity index (χ1n) is 7.65. The van der Waals surface area contributed by atoms with Crippen molar-refractivity contribution in [3.63, 3.8) is 0 Å². The van der Waals surface area contributed by atoms with Crippen molar-refractivity contribution in [2.75, 3.05) is 23.3 Å². The van der Waals surface area contributed by atoms with Gasteiger partial charge in [-0.05, 0) is 43.5 Å². The molecule has 3 nitrogen and oxygen atoms in total. The fourth-order valence-corrected chi connectivity index (χ4v) is 3.13.